The van der Waals surface area contributed by atoms with Crippen molar-refractivity contribution in [2.75, 3.05) is 13.2 Å². The third-order valence-electron chi connectivity index (χ3n) is 3.21. The number of hydrogen-bond acceptors (Lipinski definition) is 5. The van der Waals surface area contributed by atoms with Crippen LogP contribution in [0, 0.1) is 0 Å². The molecule has 0 saturated carbocycles. The maximum atomic E-state index is 11.5. The molecule has 0 saturated heterocycles. The van der Waals surface area contributed by atoms with Crippen LogP contribution in [0.3, 0.4) is 0 Å². The monoisotopic (exact) mass is 281 g/mol. The third-order valence-corrected chi connectivity index (χ3v) is 3.21. The van der Waals surface area contributed by atoms with Gasteiger partial charge in [-0.25, -0.2) is 0 Å². The molecule has 0 aromatic heterocycles. The van der Waals surface area contributed by atoms with Gasteiger partial charge in [0.25, 0.3) is 0 Å². The average molecular weight is 281 g/mol. The van der Waals surface area contributed by atoms with E-state index in [9.17, 15) is 9.59 Å². The fraction of sp³-hybridized carbons (Fsp3) is 0.600. The maximum Gasteiger partial charge on any atom is 0.222 e. The van der Waals surface area contributed by atoms with Crippen molar-refractivity contribution in [3.8, 4) is 0 Å². The number of unbranched alkanes of at least 4 members (excludes halogenated alkanes) is 6. The number of aliphatic hydroxyl groups is 2. The van der Waals surface area contributed by atoms with Gasteiger partial charge in [-0.3, -0.25) is 9.59 Å². The van der Waals surface area contributed by atoms with Crippen molar-refractivity contribution in [1.82, 2.24) is 5.32 Å². The van der Waals surface area contributed by atoms with E-state index in [2.05, 4.69) is 5.32 Å². The molecule has 0 fully saturated rings. The zero-order valence-electron chi connectivity index (χ0n) is 11.7. The summed E-state index contributed by atoms with van der Waals surface area (Å²) < 4.78 is 0. The van der Waals surface area contributed by atoms with E-state index >= 15 is 0 Å². The van der Waals surface area contributed by atoms with E-state index in [4.69, 9.17) is 10.2 Å². The Kier molecular flexibility index (Phi) is 7.65. The molecule has 5 heteroatoms. The molecular formula is C15H23NO4. The predicted molar refractivity (Wildman–Crippen MR) is 76.2 cm³/mol. The van der Waals surface area contributed by atoms with Crippen LogP contribution in [0.15, 0.2) is 23.6 Å². The van der Waals surface area contributed by atoms with Gasteiger partial charge < -0.3 is 15.5 Å². The summed E-state index contributed by atoms with van der Waals surface area (Å²) in [7, 11) is 0. The van der Waals surface area contributed by atoms with Gasteiger partial charge in [0.15, 0.2) is 5.76 Å². The standard InChI is InChI=1S/C15H23NO4/c17-9-7-5-3-1-2-4-6-8-16-12-10-14(19)15(20)11-13(12)18/h10-11,16-17,20H,1-9H2. The highest BCUT2D eigenvalue weighted by Crippen LogP contribution is 2.09. The summed E-state index contributed by atoms with van der Waals surface area (Å²) >= 11 is 0. The molecular weight excluding hydrogens is 258 g/mol. The van der Waals surface area contributed by atoms with Crippen molar-refractivity contribution in [2.24, 2.45) is 0 Å². The van der Waals surface area contributed by atoms with Gasteiger partial charge in [0.2, 0.25) is 11.6 Å². The van der Waals surface area contributed by atoms with E-state index in [0.717, 1.165) is 57.1 Å². The number of nitrogens with one attached hydrogen (secondary N) is 1. The summed E-state index contributed by atoms with van der Waals surface area (Å²) in [5.41, 5.74) is 0.260. The van der Waals surface area contributed by atoms with Crippen molar-refractivity contribution in [1.29, 1.82) is 0 Å². The van der Waals surface area contributed by atoms with Crippen LogP contribution in [0.1, 0.15) is 44.9 Å². The third kappa shape index (κ3) is 6.02. The van der Waals surface area contributed by atoms with Crippen LogP contribution < -0.4 is 5.32 Å². The van der Waals surface area contributed by atoms with Crippen LogP contribution in [0.4, 0.5) is 0 Å². The lowest BCUT2D eigenvalue weighted by Gasteiger charge is -2.11. The van der Waals surface area contributed by atoms with Gasteiger partial charge >= 0.3 is 0 Å². The first-order chi connectivity index (χ1) is 9.65. The van der Waals surface area contributed by atoms with Crippen molar-refractivity contribution >= 4 is 11.6 Å². The summed E-state index contributed by atoms with van der Waals surface area (Å²) in [5, 5.41) is 20.7. The summed E-state index contributed by atoms with van der Waals surface area (Å²) in [6, 6.07) is 0. The summed E-state index contributed by atoms with van der Waals surface area (Å²) in [6.07, 6.45) is 9.52. The molecule has 0 radical (unpaired) electrons. The van der Waals surface area contributed by atoms with E-state index in [1.807, 2.05) is 0 Å². The number of allylic oxidation sites excluding steroid dienone is 2. The fourth-order valence-corrected chi connectivity index (χ4v) is 2.03. The molecule has 0 spiro atoms. The molecule has 1 aliphatic carbocycles. The Morgan fingerprint density at radius 3 is 2.10 bits per heavy atom. The summed E-state index contributed by atoms with van der Waals surface area (Å²) in [4.78, 5) is 22.7. The van der Waals surface area contributed by atoms with Crippen LogP contribution in [-0.2, 0) is 9.59 Å². The molecule has 3 N–H and O–H groups in total. The second-order valence-corrected chi connectivity index (χ2v) is 4.94. The topological polar surface area (TPSA) is 86.6 Å². The van der Waals surface area contributed by atoms with Crippen molar-refractivity contribution < 1.29 is 19.8 Å². The van der Waals surface area contributed by atoms with Gasteiger partial charge in [-0.1, -0.05) is 32.1 Å². The molecule has 0 bridgehead atoms. The molecule has 5 nitrogen and oxygen atoms in total. The molecule has 0 amide bonds. The Morgan fingerprint density at radius 2 is 1.45 bits per heavy atom. The quantitative estimate of drug-likeness (QED) is 0.420. The highest BCUT2D eigenvalue weighted by atomic mass is 16.3. The maximum absolute atomic E-state index is 11.5. The van der Waals surface area contributed by atoms with Crippen LogP contribution in [0.5, 0.6) is 0 Å². The number of carbonyl (C=O) groups excluding carboxylic acids is 2. The van der Waals surface area contributed by atoms with E-state index in [-0.39, 0.29) is 18.1 Å². The Balaban J connectivity index is 2.06. The number of hydrogen-bond donors (Lipinski definition) is 3. The van der Waals surface area contributed by atoms with Crippen LogP contribution in [-0.4, -0.2) is 34.9 Å². The lowest BCUT2D eigenvalue weighted by Crippen LogP contribution is -2.25. The van der Waals surface area contributed by atoms with Gasteiger partial charge in [-0.2, -0.15) is 0 Å². The lowest BCUT2D eigenvalue weighted by atomic mass is 10.1. The van der Waals surface area contributed by atoms with E-state index in [1.54, 1.807) is 0 Å². The highest BCUT2D eigenvalue weighted by Gasteiger charge is 2.18. The van der Waals surface area contributed by atoms with Gasteiger partial charge in [0.1, 0.15) is 0 Å². The second-order valence-electron chi connectivity index (χ2n) is 4.94. The molecule has 1 rings (SSSR count). The van der Waals surface area contributed by atoms with Gasteiger partial charge in [-0.05, 0) is 12.8 Å². The van der Waals surface area contributed by atoms with Gasteiger partial charge in [0.05, 0.1) is 5.70 Å². The molecule has 0 unspecified atom stereocenters. The van der Waals surface area contributed by atoms with Gasteiger partial charge in [-0.15, -0.1) is 0 Å². The molecule has 0 aliphatic heterocycles. The Labute approximate surface area is 119 Å². The molecule has 0 heterocycles. The van der Waals surface area contributed by atoms with Crippen molar-refractivity contribution in [3.63, 3.8) is 0 Å². The summed E-state index contributed by atoms with van der Waals surface area (Å²) in [6.45, 7) is 0.922. The van der Waals surface area contributed by atoms with Gasteiger partial charge in [0, 0.05) is 25.3 Å². The zero-order chi connectivity index (χ0) is 14.8. The molecule has 0 aromatic rings. The van der Waals surface area contributed by atoms with Crippen LogP contribution in [0.25, 0.3) is 0 Å². The molecule has 112 valence electrons. The average Bonchev–Trinajstić information content (AvgIpc) is 2.42. The Morgan fingerprint density at radius 1 is 0.850 bits per heavy atom. The molecule has 1 aliphatic rings. The van der Waals surface area contributed by atoms with Crippen LogP contribution >= 0.6 is 0 Å². The first-order valence-corrected chi connectivity index (χ1v) is 7.21. The first kappa shape index (κ1) is 16.4. The first-order valence-electron chi connectivity index (χ1n) is 7.21. The summed E-state index contributed by atoms with van der Waals surface area (Å²) in [5.74, 6) is -1.38. The molecule has 0 aromatic carbocycles. The lowest BCUT2D eigenvalue weighted by molar-refractivity contribution is -0.117. The molecule has 20 heavy (non-hydrogen) atoms. The molecule has 0 atom stereocenters. The minimum Gasteiger partial charge on any atom is -0.504 e. The van der Waals surface area contributed by atoms with E-state index in [1.165, 1.54) is 0 Å². The predicted octanol–water partition coefficient (Wildman–Crippen LogP) is 1.78. The number of ketones is 2. The van der Waals surface area contributed by atoms with E-state index < -0.39 is 11.5 Å². The number of aliphatic hydroxyl groups excluding tert-OH is 2. The fourth-order valence-electron chi connectivity index (χ4n) is 2.03. The Hall–Kier alpha value is -1.62. The zero-order valence-corrected chi connectivity index (χ0v) is 11.7. The van der Waals surface area contributed by atoms with Crippen molar-refractivity contribution in [2.45, 2.75) is 44.9 Å². The Bertz CT molecular complexity index is 399. The smallest absolute Gasteiger partial charge is 0.222 e. The number of rotatable bonds is 10. The minimum absolute atomic E-state index is 0.260. The normalized spacial score (nSPS) is 15.1. The largest absolute Gasteiger partial charge is 0.504 e. The van der Waals surface area contributed by atoms with Crippen LogP contribution in [0.2, 0.25) is 0 Å². The number of carbonyl (C=O) groups is 2. The SMILES string of the molecule is O=C1C=C(NCCCCCCCCCO)C(=O)C=C1O. The minimum atomic E-state index is -0.531. The second kappa shape index (κ2) is 9.31. The highest BCUT2D eigenvalue weighted by molar-refractivity contribution is 6.18. The van der Waals surface area contributed by atoms with E-state index in [0.29, 0.717) is 6.54 Å². The van der Waals surface area contributed by atoms with Crippen molar-refractivity contribution in [3.05, 3.63) is 23.6 Å².